The fourth-order valence-corrected chi connectivity index (χ4v) is 3.15. The summed E-state index contributed by atoms with van der Waals surface area (Å²) in [5.41, 5.74) is 3.39. The van der Waals surface area contributed by atoms with E-state index in [0.29, 0.717) is 72.7 Å². The number of amides is 2. The van der Waals surface area contributed by atoms with Crippen LogP contribution in [0.2, 0.25) is 2.82 Å². The van der Waals surface area contributed by atoms with Crippen LogP contribution in [0.25, 0.3) is 0 Å². The van der Waals surface area contributed by atoms with Gasteiger partial charge in [-0.05, 0) is 20.8 Å². The molecule has 0 aliphatic heterocycles. The molecule has 26 heteroatoms. The molecular weight excluding hydrogens is 814 g/mol. The molecule has 0 spiro atoms. The van der Waals surface area contributed by atoms with E-state index >= 15 is 0 Å². The minimum atomic E-state index is -1.02. The van der Waals surface area contributed by atoms with Gasteiger partial charge in [-0.2, -0.15) is 0 Å². The number of rotatable bonds is 39. The highest BCUT2D eigenvalue weighted by Crippen LogP contribution is 1.95. The number of aliphatic carboxylic acids is 2. The minimum Gasteiger partial charge on any atom is -0.480 e. The summed E-state index contributed by atoms with van der Waals surface area (Å²) < 4.78 is 91.4. The second-order valence-corrected chi connectivity index (χ2v) is 10.8. The predicted octanol–water partition coefficient (Wildman–Crippen LogP) is -2.83. The first-order valence-corrected chi connectivity index (χ1v) is 17.9. The molecule has 10 N–H and O–H groups in total. The van der Waals surface area contributed by atoms with Crippen LogP contribution in [-0.4, -0.2) is 225 Å². The molecule has 0 saturated carbocycles. The topological polar surface area (TPSA) is 352 Å². The highest BCUT2D eigenvalue weighted by molar-refractivity contribution is 5.75. The average molecular weight is 885 g/mol. The summed E-state index contributed by atoms with van der Waals surface area (Å²) in [6, 6.07) is 0. The number of ether oxygens (including phenoxy) is 12. The second-order valence-electron chi connectivity index (χ2n) is 10.8. The lowest BCUT2D eigenvalue weighted by Gasteiger charge is -2.13. The van der Waals surface area contributed by atoms with Crippen molar-refractivity contribution < 1.29 is 119 Å². The Bertz CT molecular complexity index is 933. The molecule has 59 heavy (non-hydrogen) atoms. The van der Waals surface area contributed by atoms with Gasteiger partial charge in [-0.1, -0.05) is 9.05 Å². The summed E-state index contributed by atoms with van der Waals surface area (Å²) in [5.74, 6) is -3.05. The number of carbonyl (C=O) groups is 4. The zero-order chi connectivity index (χ0) is 47.2. The Morgan fingerprint density at radius 3 is 0.983 bits per heavy atom. The predicted molar refractivity (Wildman–Crippen MR) is 198 cm³/mol. The van der Waals surface area contributed by atoms with Crippen molar-refractivity contribution in [1.82, 2.24) is 0 Å². The Kier molecular flexibility index (Phi) is 58.6. The third-order valence-corrected chi connectivity index (χ3v) is 5.45. The van der Waals surface area contributed by atoms with Crippen LogP contribution in [0, 0.1) is 0 Å². The van der Waals surface area contributed by atoms with Crippen LogP contribution in [0.3, 0.4) is 0 Å². The molecule has 0 fully saturated rings. The number of halogens is 2. The number of aliphatic hydroxyl groups is 2. The molecule has 0 aliphatic rings. The number of hydrogen-bond donors (Lipinski definition) is 8. The zero-order valence-electron chi connectivity index (χ0n) is 36.0. The molecule has 0 saturated heterocycles. The maximum absolute atomic E-state index is 10.7. The van der Waals surface area contributed by atoms with E-state index in [-0.39, 0.29) is 97.6 Å². The largest absolute Gasteiger partial charge is 0.480 e. The van der Waals surface area contributed by atoms with Crippen molar-refractivity contribution in [2.24, 2.45) is 11.5 Å². The lowest BCUT2D eigenvalue weighted by atomic mass is 10.4. The maximum atomic E-state index is 10.7. The van der Waals surface area contributed by atoms with E-state index < -0.39 is 23.8 Å². The normalized spacial score (nSPS) is 12.2. The van der Waals surface area contributed by atoms with E-state index in [2.05, 4.69) is 0 Å². The van der Waals surface area contributed by atoms with Gasteiger partial charge < -0.3 is 88.7 Å². The fourth-order valence-electron chi connectivity index (χ4n) is 3.15. The van der Waals surface area contributed by atoms with Crippen molar-refractivity contribution in [2.45, 2.75) is 39.1 Å². The summed E-state index contributed by atoms with van der Waals surface area (Å²) in [7, 11) is 0. The number of carboxylic acids is 2. The number of hydrogen-bond acceptors (Lipinski definition) is 20. The molecule has 3 unspecified atom stereocenters. The molecule has 24 nitrogen and oxygen atoms in total. The monoisotopic (exact) mass is 884 g/mol. The molecule has 0 aliphatic carbocycles. The zero-order valence-corrected chi connectivity index (χ0v) is 34.0. The average Bonchev–Trinajstić information content (AvgIpc) is 3.25. The van der Waals surface area contributed by atoms with Gasteiger partial charge in [0.1, 0.15) is 26.4 Å². The number of carboxylic acid groups (broad SMARTS) is 2. The van der Waals surface area contributed by atoms with E-state index in [1.165, 1.54) is 0 Å². The van der Waals surface area contributed by atoms with Gasteiger partial charge in [-0.15, -0.1) is 0 Å². The van der Waals surface area contributed by atoms with Gasteiger partial charge in [0.15, 0.2) is 2.82 Å². The molecule has 0 aromatic heterocycles. The first-order chi connectivity index (χ1) is 29.4. The van der Waals surface area contributed by atoms with Crippen LogP contribution in [-0.2, 0) is 76.0 Å². The van der Waals surface area contributed by atoms with Crippen molar-refractivity contribution in [3.8, 4) is 0 Å². The number of aliphatic hydroxyl groups excluding tert-OH is 2. The summed E-state index contributed by atoms with van der Waals surface area (Å²) >= 11 is 0. The van der Waals surface area contributed by atoms with E-state index in [0.717, 1.165) is 0 Å². The Hall–Kier alpha value is -2.90. The SMILES string of the molecule is CC(COCCOCC(=O)O)OCCOCC(=O)O.CC(COCCOCCO)OCCOCCO.OF.OF.[2H]NC(=O)COCCOCC(C)OCCOCC(=O)N[2H]. The number of carbonyl (C=O) groups excluding carboxylic acids is 2. The van der Waals surface area contributed by atoms with E-state index in [1.54, 1.807) is 18.4 Å². The Balaban J connectivity index is -0.000000248. The lowest BCUT2D eigenvalue weighted by Crippen LogP contribution is -2.23. The van der Waals surface area contributed by atoms with Crippen molar-refractivity contribution in [2.75, 3.05) is 152 Å². The van der Waals surface area contributed by atoms with Crippen LogP contribution < -0.4 is 11.5 Å². The Morgan fingerprint density at radius 2 is 0.695 bits per heavy atom. The van der Waals surface area contributed by atoms with E-state index in [1.807, 2.05) is 13.8 Å². The van der Waals surface area contributed by atoms with Gasteiger partial charge in [0.2, 0.25) is 11.8 Å². The molecule has 356 valence electrons. The van der Waals surface area contributed by atoms with Gasteiger partial charge in [0.05, 0.1) is 144 Å². The van der Waals surface area contributed by atoms with Gasteiger partial charge in [0, 0.05) is 0 Å². The molecule has 0 heterocycles. The number of primary amides is 2. The van der Waals surface area contributed by atoms with Crippen LogP contribution in [0.4, 0.5) is 9.05 Å². The number of nitrogens with two attached hydrogens (primary N) is 2. The minimum absolute atomic E-state index is 0.00516. The van der Waals surface area contributed by atoms with Crippen molar-refractivity contribution >= 4 is 23.8 Å². The quantitative estimate of drug-likeness (QED) is 0.0289. The Labute approximate surface area is 345 Å². The van der Waals surface area contributed by atoms with Crippen molar-refractivity contribution in [3.63, 3.8) is 0 Å². The first kappa shape index (κ1) is 60.4. The summed E-state index contributed by atoms with van der Waals surface area (Å²) in [4.78, 5) is 41.6. The van der Waals surface area contributed by atoms with E-state index in [4.69, 9.17) is 99.8 Å². The molecule has 0 aromatic carbocycles. The van der Waals surface area contributed by atoms with Crippen LogP contribution in [0.1, 0.15) is 20.8 Å². The Morgan fingerprint density at radius 1 is 0.441 bits per heavy atom. The summed E-state index contributed by atoms with van der Waals surface area (Å²) in [5, 5.41) is 44.5. The van der Waals surface area contributed by atoms with Crippen LogP contribution in [0.5, 0.6) is 0 Å². The van der Waals surface area contributed by atoms with Crippen LogP contribution >= 0.6 is 0 Å². The summed E-state index contributed by atoms with van der Waals surface area (Å²) in [6.45, 7) is 10.6. The lowest BCUT2D eigenvalue weighted by molar-refractivity contribution is -0.144. The first-order valence-electron chi connectivity index (χ1n) is 18.9. The second kappa shape index (κ2) is 57.2. The smallest absolute Gasteiger partial charge is 0.329 e. The molecule has 0 radical (unpaired) electrons. The molecule has 2 amide bonds. The van der Waals surface area contributed by atoms with Crippen molar-refractivity contribution in [3.05, 3.63) is 0 Å². The molecule has 0 bridgehead atoms. The molecule has 0 rings (SSSR count). The molecular formula is C33H68F2N2O22. The molecule has 0 aromatic rings. The van der Waals surface area contributed by atoms with Crippen molar-refractivity contribution in [1.29, 1.82) is 0 Å². The maximum Gasteiger partial charge on any atom is 0.329 e. The summed E-state index contributed by atoms with van der Waals surface area (Å²) in [6.07, 6.45) is -0.298. The van der Waals surface area contributed by atoms with Gasteiger partial charge in [0.25, 0.3) is 0 Å². The third-order valence-electron chi connectivity index (χ3n) is 5.45. The van der Waals surface area contributed by atoms with Gasteiger partial charge in [-0.25, -0.2) is 20.2 Å². The van der Waals surface area contributed by atoms with Crippen LogP contribution in [0.15, 0.2) is 0 Å². The van der Waals surface area contributed by atoms with Gasteiger partial charge >= 0.3 is 11.9 Å². The third kappa shape index (κ3) is 73.1. The van der Waals surface area contributed by atoms with Gasteiger partial charge in [-0.3, -0.25) is 9.59 Å². The fraction of sp³-hybridized carbons (Fsp3) is 0.879. The highest BCUT2D eigenvalue weighted by atomic mass is 19.3. The standard InChI is InChI=1S/C11H22N2O6.C11H20O8.C11H24O6.2FHO/c1-9(19-5-4-18-8-11(13)15)6-16-2-3-17-7-10(12)14;1-9(19-5-4-18-8-11(14)15)6-16-2-3-17-7-10(12)13;1-11(17-9-8-15-5-3-13)10-16-7-6-14-4-2-12;2*1-2/h9H,2-8H2,1H3,(H2,12,14)(H2,13,15);9H,2-8H2,1H3,(H,12,13)(H,14,15);11-13H,2-10H2,1H3;2*2H/i/hD2. The van der Waals surface area contributed by atoms with E-state index in [9.17, 15) is 19.2 Å². The molecule has 3 atom stereocenters. The highest BCUT2D eigenvalue weighted by Gasteiger charge is 2.05.